The van der Waals surface area contributed by atoms with Crippen molar-refractivity contribution in [1.29, 1.82) is 0 Å². The summed E-state index contributed by atoms with van der Waals surface area (Å²) in [5.41, 5.74) is 2.52. The second-order valence-corrected chi connectivity index (χ2v) is 6.77. The standard InChI is InChI=1S/C18H33N3/c1-4-12-19-18(14-17-13-15(2)20-21(17)3)16-10-8-6-5-7-9-11-16/h13,16,18-19H,4-12,14H2,1-3H3. The number of nitrogens with one attached hydrogen (secondary N) is 1. The monoisotopic (exact) mass is 291 g/mol. The second-order valence-electron chi connectivity index (χ2n) is 6.77. The van der Waals surface area contributed by atoms with E-state index in [1.165, 1.54) is 57.1 Å². The molecule has 0 radical (unpaired) electrons. The molecule has 0 aliphatic heterocycles. The van der Waals surface area contributed by atoms with Gasteiger partial charge in [-0.15, -0.1) is 0 Å². The fourth-order valence-electron chi connectivity index (χ4n) is 3.71. The summed E-state index contributed by atoms with van der Waals surface area (Å²) in [6.07, 6.45) is 12.3. The molecule has 1 fully saturated rings. The molecular formula is C18H33N3. The topological polar surface area (TPSA) is 29.9 Å². The Bertz CT molecular complexity index is 403. The molecular weight excluding hydrogens is 258 g/mol. The highest BCUT2D eigenvalue weighted by molar-refractivity contribution is 5.10. The Hall–Kier alpha value is -0.830. The van der Waals surface area contributed by atoms with Crippen LogP contribution in [0.15, 0.2) is 6.07 Å². The first-order valence-corrected chi connectivity index (χ1v) is 8.93. The van der Waals surface area contributed by atoms with E-state index in [9.17, 15) is 0 Å². The predicted molar refractivity (Wildman–Crippen MR) is 89.5 cm³/mol. The predicted octanol–water partition coefficient (Wildman–Crippen LogP) is 4.00. The minimum absolute atomic E-state index is 0.623. The lowest BCUT2D eigenvalue weighted by molar-refractivity contribution is 0.280. The zero-order valence-corrected chi connectivity index (χ0v) is 14.2. The molecule has 1 aromatic rings. The zero-order valence-electron chi connectivity index (χ0n) is 14.2. The van der Waals surface area contributed by atoms with Gasteiger partial charge in [0.25, 0.3) is 0 Å². The third-order valence-corrected chi connectivity index (χ3v) is 4.90. The van der Waals surface area contributed by atoms with Crippen LogP contribution in [0.25, 0.3) is 0 Å². The second kappa shape index (κ2) is 8.57. The van der Waals surface area contributed by atoms with Gasteiger partial charge in [-0.3, -0.25) is 4.68 Å². The molecule has 0 aromatic carbocycles. The van der Waals surface area contributed by atoms with Crippen LogP contribution in [0.1, 0.15) is 69.7 Å². The van der Waals surface area contributed by atoms with E-state index in [1.807, 2.05) is 0 Å². The Kier molecular flexibility index (Phi) is 6.75. The van der Waals surface area contributed by atoms with Gasteiger partial charge in [-0.1, -0.05) is 39.0 Å². The van der Waals surface area contributed by atoms with Gasteiger partial charge in [-0.05, 0) is 44.7 Å². The minimum atomic E-state index is 0.623. The molecule has 0 amide bonds. The lowest BCUT2D eigenvalue weighted by atomic mass is 9.84. The van der Waals surface area contributed by atoms with Gasteiger partial charge in [0, 0.05) is 25.2 Å². The Balaban J connectivity index is 2.03. The number of aromatic nitrogens is 2. The Morgan fingerprint density at radius 3 is 2.48 bits per heavy atom. The van der Waals surface area contributed by atoms with E-state index in [1.54, 1.807) is 0 Å². The third-order valence-electron chi connectivity index (χ3n) is 4.90. The fraction of sp³-hybridized carbons (Fsp3) is 0.833. The van der Waals surface area contributed by atoms with Crippen molar-refractivity contribution in [3.8, 4) is 0 Å². The lowest BCUT2D eigenvalue weighted by Crippen LogP contribution is -2.39. The van der Waals surface area contributed by atoms with Gasteiger partial charge in [0.1, 0.15) is 0 Å². The highest BCUT2D eigenvalue weighted by Gasteiger charge is 2.23. The van der Waals surface area contributed by atoms with Gasteiger partial charge in [0.2, 0.25) is 0 Å². The molecule has 21 heavy (non-hydrogen) atoms. The average molecular weight is 291 g/mol. The summed E-state index contributed by atoms with van der Waals surface area (Å²) >= 11 is 0. The maximum absolute atomic E-state index is 4.51. The van der Waals surface area contributed by atoms with Crippen LogP contribution >= 0.6 is 0 Å². The maximum Gasteiger partial charge on any atom is 0.0596 e. The van der Waals surface area contributed by atoms with Crippen molar-refractivity contribution in [3.63, 3.8) is 0 Å². The SMILES string of the molecule is CCCNC(Cc1cc(C)nn1C)C1CCCCCCC1. The molecule has 1 aliphatic carbocycles. The molecule has 1 heterocycles. The van der Waals surface area contributed by atoms with Crippen LogP contribution in [0.3, 0.4) is 0 Å². The van der Waals surface area contributed by atoms with Crippen molar-refractivity contribution in [1.82, 2.24) is 15.1 Å². The van der Waals surface area contributed by atoms with Crippen LogP contribution in [0.5, 0.6) is 0 Å². The van der Waals surface area contributed by atoms with Crippen LogP contribution < -0.4 is 5.32 Å². The van der Waals surface area contributed by atoms with Gasteiger partial charge in [0.05, 0.1) is 5.69 Å². The van der Waals surface area contributed by atoms with Gasteiger partial charge >= 0.3 is 0 Å². The van der Waals surface area contributed by atoms with Crippen molar-refractivity contribution in [2.45, 2.75) is 77.7 Å². The highest BCUT2D eigenvalue weighted by Crippen LogP contribution is 2.26. The molecule has 1 aliphatic rings. The molecule has 0 bridgehead atoms. The van der Waals surface area contributed by atoms with E-state index in [0.717, 1.165) is 24.6 Å². The normalized spacial score (nSPS) is 19.2. The van der Waals surface area contributed by atoms with E-state index in [0.29, 0.717) is 6.04 Å². The Labute approximate surface area is 130 Å². The summed E-state index contributed by atoms with van der Waals surface area (Å²) in [5.74, 6) is 0.840. The molecule has 2 rings (SSSR count). The Morgan fingerprint density at radius 1 is 1.24 bits per heavy atom. The van der Waals surface area contributed by atoms with Crippen LogP contribution in [0.4, 0.5) is 0 Å². The van der Waals surface area contributed by atoms with Crippen molar-refractivity contribution in [2.75, 3.05) is 6.54 Å². The smallest absolute Gasteiger partial charge is 0.0596 e. The number of aryl methyl sites for hydroxylation is 2. The largest absolute Gasteiger partial charge is 0.313 e. The molecule has 0 spiro atoms. The summed E-state index contributed by atoms with van der Waals surface area (Å²) in [5, 5.41) is 8.34. The van der Waals surface area contributed by atoms with Gasteiger partial charge in [-0.2, -0.15) is 5.10 Å². The molecule has 1 unspecified atom stereocenters. The molecule has 3 heteroatoms. The number of rotatable bonds is 6. The van der Waals surface area contributed by atoms with Crippen molar-refractivity contribution >= 4 is 0 Å². The maximum atomic E-state index is 4.51. The van der Waals surface area contributed by atoms with Crippen LogP contribution in [-0.2, 0) is 13.5 Å². The van der Waals surface area contributed by atoms with E-state index in [-0.39, 0.29) is 0 Å². The number of hydrogen-bond donors (Lipinski definition) is 1. The first kappa shape index (κ1) is 16.5. The van der Waals surface area contributed by atoms with Crippen LogP contribution in [-0.4, -0.2) is 22.4 Å². The van der Waals surface area contributed by atoms with Crippen LogP contribution in [0.2, 0.25) is 0 Å². The summed E-state index contributed by atoms with van der Waals surface area (Å²) in [6, 6.07) is 2.88. The molecule has 3 nitrogen and oxygen atoms in total. The lowest BCUT2D eigenvalue weighted by Gasteiger charge is -2.30. The summed E-state index contributed by atoms with van der Waals surface area (Å²) in [4.78, 5) is 0. The molecule has 120 valence electrons. The molecule has 1 N–H and O–H groups in total. The van der Waals surface area contributed by atoms with E-state index in [4.69, 9.17) is 0 Å². The van der Waals surface area contributed by atoms with E-state index in [2.05, 4.69) is 42.1 Å². The van der Waals surface area contributed by atoms with Gasteiger partial charge in [0.15, 0.2) is 0 Å². The molecule has 1 aromatic heterocycles. The van der Waals surface area contributed by atoms with Gasteiger partial charge in [-0.25, -0.2) is 0 Å². The van der Waals surface area contributed by atoms with E-state index < -0.39 is 0 Å². The van der Waals surface area contributed by atoms with Crippen molar-refractivity contribution in [2.24, 2.45) is 13.0 Å². The quantitative estimate of drug-likeness (QED) is 0.858. The van der Waals surface area contributed by atoms with Crippen molar-refractivity contribution < 1.29 is 0 Å². The molecule has 1 atom stereocenters. The highest BCUT2D eigenvalue weighted by atomic mass is 15.3. The number of hydrogen-bond acceptors (Lipinski definition) is 2. The fourth-order valence-corrected chi connectivity index (χ4v) is 3.71. The summed E-state index contributed by atoms with van der Waals surface area (Å²) in [7, 11) is 2.08. The molecule has 0 saturated heterocycles. The minimum Gasteiger partial charge on any atom is -0.313 e. The van der Waals surface area contributed by atoms with E-state index >= 15 is 0 Å². The Morgan fingerprint density at radius 2 is 1.90 bits per heavy atom. The van der Waals surface area contributed by atoms with Crippen molar-refractivity contribution in [3.05, 3.63) is 17.5 Å². The van der Waals surface area contributed by atoms with Crippen LogP contribution in [0, 0.1) is 12.8 Å². The average Bonchev–Trinajstić information content (AvgIpc) is 2.73. The summed E-state index contributed by atoms with van der Waals surface area (Å²) in [6.45, 7) is 5.49. The zero-order chi connectivity index (χ0) is 15.1. The molecule has 1 saturated carbocycles. The number of nitrogens with zero attached hydrogens (tertiary/aromatic N) is 2. The summed E-state index contributed by atoms with van der Waals surface area (Å²) < 4.78 is 2.07. The third kappa shape index (κ3) is 5.14. The van der Waals surface area contributed by atoms with Gasteiger partial charge < -0.3 is 5.32 Å². The first-order chi connectivity index (χ1) is 10.2. The first-order valence-electron chi connectivity index (χ1n) is 8.93.